The average molecular weight is 716 g/mol. The zero-order valence-corrected chi connectivity index (χ0v) is 30.6. The lowest BCUT2D eigenvalue weighted by molar-refractivity contribution is -0.0115. The largest absolute Gasteiger partial charge is 0.497 e. The Hall–Kier alpha value is -4.34. The number of aromatic nitrogens is 1. The highest BCUT2D eigenvalue weighted by atomic mass is 32.2. The van der Waals surface area contributed by atoms with Crippen LogP contribution in [0.2, 0.25) is 0 Å². The highest BCUT2D eigenvalue weighted by Gasteiger charge is 2.32. The molecule has 0 bridgehead atoms. The summed E-state index contributed by atoms with van der Waals surface area (Å²) in [5, 5.41) is 16.9. The maximum atomic E-state index is 14.4. The van der Waals surface area contributed by atoms with Crippen molar-refractivity contribution in [3.05, 3.63) is 59.5 Å². The lowest BCUT2D eigenvalue weighted by Gasteiger charge is -2.35. The number of likely N-dealkylation sites (N-methyl/N-ethyl adjacent to an activating group) is 1. The number of rotatable bonds is 9. The lowest BCUT2D eigenvalue weighted by Crippen LogP contribution is -2.48. The molecule has 0 saturated carbocycles. The summed E-state index contributed by atoms with van der Waals surface area (Å²) in [6.07, 6.45) is 1.51. The van der Waals surface area contributed by atoms with E-state index in [-0.39, 0.29) is 65.3 Å². The van der Waals surface area contributed by atoms with Gasteiger partial charge in [0.05, 0.1) is 37.5 Å². The fourth-order valence-electron chi connectivity index (χ4n) is 5.76. The minimum atomic E-state index is -4.10. The minimum Gasteiger partial charge on any atom is -0.497 e. The third kappa shape index (κ3) is 9.67. The van der Waals surface area contributed by atoms with Crippen molar-refractivity contribution in [3.63, 3.8) is 0 Å². The number of carbonyl (C=O) groups excluding carboxylic acids is 2. The van der Waals surface area contributed by atoms with Crippen LogP contribution in [-0.2, 0) is 14.8 Å². The van der Waals surface area contributed by atoms with E-state index in [1.807, 2.05) is 13.8 Å². The summed E-state index contributed by atoms with van der Waals surface area (Å²) in [6.45, 7) is 9.15. The standard InChI is InChI=1S/C35H49N5O9S/c1-22-19-40(23(2)21-41)34(42)30-18-28(38-50(44,45)33-25(4)37-49-26(33)5)13-16-31(30)48-24(3)10-8-9-17-47-32(22)20-39(6)35(43)36-27-11-14-29(46-7)15-12-27/h11-16,18,22-24,32,38,41H,8-10,17,19-21H2,1-7H3,(H,36,43)/t22-,23-,24-,32+/m1/s1. The Kier molecular flexibility index (Phi) is 13.1. The number of urea groups is 1. The van der Waals surface area contributed by atoms with Gasteiger partial charge in [-0.05, 0) is 89.4 Å². The number of aliphatic hydroxyl groups is 1. The second-order valence-electron chi connectivity index (χ2n) is 12.8. The molecule has 50 heavy (non-hydrogen) atoms. The van der Waals surface area contributed by atoms with E-state index in [4.69, 9.17) is 18.7 Å². The highest BCUT2D eigenvalue weighted by Crippen LogP contribution is 2.30. The molecule has 0 spiro atoms. The van der Waals surface area contributed by atoms with E-state index in [0.29, 0.717) is 30.2 Å². The van der Waals surface area contributed by atoms with Gasteiger partial charge in [-0.3, -0.25) is 9.52 Å². The molecule has 0 aliphatic carbocycles. The van der Waals surface area contributed by atoms with Gasteiger partial charge >= 0.3 is 6.03 Å². The lowest BCUT2D eigenvalue weighted by atomic mass is 10.0. The van der Waals surface area contributed by atoms with E-state index in [2.05, 4.69) is 15.2 Å². The molecule has 274 valence electrons. The Morgan fingerprint density at radius 3 is 2.48 bits per heavy atom. The molecular formula is C35H49N5O9S. The van der Waals surface area contributed by atoms with Gasteiger partial charge in [-0.1, -0.05) is 12.1 Å². The molecule has 1 aromatic heterocycles. The van der Waals surface area contributed by atoms with Crippen LogP contribution in [0, 0.1) is 19.8 Å². The van der Waals surface area contributed by atoms with Crippen molar-refractivity contribution in [3.8, 4) is 11.5 Å². The fraction of sp³-hybridized carbons (Fsp3) is 0.514. The molecule has 4 atom stereocenters. The summed E-state index contributed by atoms with van der Waals surface area (Å²) < 4.78 is 52.1. The number of carbonyl (C=O) groups is 2. The molecule has 15 heteroatoms. The van der Waals surface area contributed by atoms with Crippen LogP contribution < -0.4 is 19.5 Å². The average Bonchev–Trinajstić information content (AvgIpc) is 3.44. The van der Waals surface area contributed by atoms with Gasteiger partial charge < -0.3 is 39.0 Å². The monoisotopic (exact) mass is 715 g/mol. The quantitative estimate of drug-likeness (QED) is 0.272. The number of hydrogen-bond donors (Lipinski definition) is 3. The summed E-state index contributed by atoms with van der Waals surface area (Å²) in [5.41, 5.74) is 1.09. The number of sulfonamides is 1. The van der Waals surface area contributed by atoms with Crippen molar-refractivity contribution in [2.75, 3.05) is 50.5 Å². The molecule has 2 aromatic carbocycles. The first-order valence-electron chi connectivity index (χ1n) is 16.7. The first-order chi connectivity index (χ1) is 23.7. The molecule has 3 aromatic rings. The molecule has 14 nitrogen and oxygen atoms in total. The molecule has 0 radical (unpaired) electrons. The van der Waals surface area contributed by atoms with Gasteiger partial charge in [0.2, 0.25) is 0 Å². The summed E-state index contributed by atoms with van der Waals surface area (Å²) in [4.78, 5) is 30.6. The molecular weight excluding hydrogens is 666 g/mol. The Bertz CT molecular complexity index is 1690. The molecule has 3 amide bonds. The van der Waals surface area contributed by atoms with Crippen molar-refractivity contribution in [2.45, 2.75) is 77.0 Å². The van der Waals surface area contributed by atoms with Crippen LogP contribution >= 0.6 is 0 Å². The van der Waals surface area contributed by atoms with Gasteiger partial charge in [-0.15, -0.1) is 0 Å². The zero-order chi connectivity index (χ0) is 36.6. The summed E-state index contributed by atoms with van der Waals surface area (Å²) in [7, 11) is -0.846. The van der Waals surface area contributed by atoms with Crippen molar-refractivity contribution < 1.29 is 41.8 Å². The maximum absolute atomic E-state index is 14.4. The first-order valence-corrected chi connectivity index (χ1v) is 18.2. The van der Waals surface area contributed by atoms with Gasteiger partial charge in [0.1, 0.15) is 17.2 Å². The number of amides is 3. The van der Waals surface area contributed by atoms with E-state index in [1.54, 1.807) is 56.3 Å². The van der Waals surface area contributed by atoms with E-state index in [0.717, 1.165) is 12.8 Å². The Labute approximate surface area is 294 Å². The summed E-state index contributed by atoms with van der Waals surface area (Å²) >= 11 is 0. The number of anilines is 2. The second-order valence-corrected chi connectivity index (χ2v) is 14.4. The number of methoxy groups -OCH3 is 1. The predicted molar refractivity (Wildman–Crippen MR) is 188 cm³/mol. The minimum absolute atomic E-state index is 0.0770. The number of ether oxygens (including phenoxy) is 3. The van der Waals surface area contributed by atoms with E-state index < -0.39 is 28.1 Å². The third-order valence-electron chi connectivity index (χ3n) is 8.68. The van der Waals surface area contributed by atoms with Crippen LogP contribution in [0.1, 0.15) is 61.8 Å². The fourth-order valence-corrected chi connectivity index (χ4v) is 7.14. The second kappa shape index (κ2) is 17.1. The van der Waals surface area contributed by atoms with Crippen LogP contribution in [-0.4, -0.2) is 99.1 Å². The number of aliphatic hydroxyl groups excluding tert-OH is 1. The van der Waals surface area contributed by atoms with E-state index in [1.165, 1.54) is 30.9 Å². The van der Waals surface area contributed by atoms with Gasteiger partial charge in [-0.25, -0.2) is 13.2 Å². The first kappa shape index (κ1) is 38.5. The van der Waals surface area contributed by atoms with E-state index >= 15 is 0 Å². The van der Waals surface area contributed by atoms with Crippen LogP contribution in [0.15, 0.2) is 51.9 Å². The molecule has 1 aliphatic heterocycles. The van der Waals surface area contributed by atoms with Crippen LogP contribution in [0.3, 0.4) is 0 Å². The van der Waals surface area contributed by atoms with Crippen molar-refractivity contribution >= 4 is 33.3 Å². The molecule has 1 aliphatic rings. The SMILES string of the molecule is COc1ccc(NC(=O)N(C)C[C@@H]2OCCCC[C@@H](C)Oc3ccc(NS(=O)(=O)c4c(C)noc4C)cc3C(=O)N([C@H](C)CO)C[C@H]2C)cc1. The summed E-state index contributed by atoms with van der Waals surface area (Å²) in [6, 6.07) is 10.6. The molecule has 4 rings (SSSR count). The van der Waals surface area contributed by atoms with Crippen LogP contribution in [0.4, 0.5) is 16.2 Å². The van der Waals surface area contributed by atoms with Crippen molar-refractivity contribution in [1.29, 1.82) is 0 Å². The predicted octanol–water partition coefficient (Wildman–Crippen LogP) is 5.06. The van der Waals surface area contributed by atoms with Gasteiger partial charge in [0.15, 0.2) is 10.7 Å². The number of hydrogen-bond acceptors (Lipinski definition) is 10. The van der Waals surface area contributed by atoms with Crippen LogP contribution in [0.25, 0.3) is 0 Å². The van der Waals surface area contributed by atoms with E-state index in [9.17, 15) is 23.1 Å². The van der Waals surface area contributed by atoms with Crippen molar-refractivity contribution in [1.82, 2.24) is 15.0 Å². The number of benzene rings is 2. The highest BCUT2D eigenvalue weighted by molar-refractivity contribution is 7.92. The Morgan fingerprint density at radius 2 is 1.84 bits per heavy atom. The van der Waals surface area contributed by atoms with Gasteiger partial charge in [-0.2, -0.15) is 0 Å². The molecule has 0 unspecified atom stereocenters. The topological polar surface area (TPSA) is 173 Å². The number of nitrogens with zero attached hydrogens (tertiary/aromatic N) is 3. The van der Waals surface area contributed by atoms with Gasteiger partial charge in [0.25, 0.3) is 15.9 Å². The number of aryl methyl sites for hydroxylation is 2. The normalized spacial score (nSPS) is 19.8. The molecule has 3 N–H and O–H groups in total. The van der Waals surface area contributed by atoms with Crippen molar-refractivity contribution in [2.24, 2.45) is 5.92 Å². The summed E-state index contributed by atoms with van der Waals surface area (Å²) in [5.74, 6) is 0.370. The van der Waals surface area contributed by atoms with Crippen LogP contribution in [0.5, 0.6) is 11.5 Å². The molecule has 2 heterocycles. The Balaban J connectivity index is 1.62. The Morgan fingerprint density at radius 1 is 1.14 bits per heavy atom. The third-order valence-corrected chi connectivity index (χ3v) is 10.3. The number of fused-ring (bicyclic) bond motifs is 1. The maximum Gasteiger partial charge on any atom is 0.321 e. The van der Waals surface area contributed by atoms with Gasteiger partial charge in [0, 0.05) is 44.0 Å². The molecule has 0 saturated heterocycles. The number of nitrogens with one attached hydrogen (secondary N) is 2. The molecule has 0 fully saturated rings. The zero-order valence-electron chi connectivity index (χ0n) is 29.8. The smallest absolute Gasteiger partial charge is 0.321 e.